The van der Waals surface area contributed by atoms with Crippen molar-refractivity contribution in [3.05, 3.63) is 23.7 Å². The molecule has 1 aliphatic rings. The number of primary amides is 1. The van der Waals surface area contributed by atoms with E-state index in [0.717, 1.165) is 36.8 Å². The molecule has 0 atom stereocenters. The second kappa shape index (κ2) is 4.62. The second-order valence-corrected chi connectivity index (χ2v) is 5.09. The number of amides is 1. The first-order valence-corrected chi connectivity index (χ1v) is 6.46. The molecule has 0 aliphatic heterocycles. The zero-order chi connectivity index (χ0) is 13.4. The predicted octanol–water partition coefficient (Wildman–Crippen LogP) is 1.08. The Kier molecular flexibility index (Phi) is 2.94. The fraction of sp³-hybridized carbons (Fsp3) is 0.462. The molecule has 2 aromatic heterocycles. The summed E-state index contributed by atoms with van der Waals surface area (Å²) in [6.45, 7) is 0. The number of carbonyl (C=O) groups excluding carboxylic acids is 1. The minimum Gasteiger partial charge on any atom is -0.393 e. The number of hydrogen-bond donors (Lipinski definition) is 3. The van der Waals surface area contributed by atoms with Crippen LogP contribution < -0.4 is 5.73 Å². The van der Waals surface area contributed by atoms with E-state index in [1.165, 1.54) is 6.20 Å². The average molecular weight is 260 g/mol. The van der Waals surface area contributed by atoms with E-state index in [4.69, 9.17) is 5.73 Å². The van der Waals surface area contributed by atoms with Crippen LogP contribution in [0.25, 0.3) is 10.9 Å². The highest BCUT2D eigenvalue weighted by molar-refractivity contribution is 6.04. The lowest BCUT2D eigenvalue weighted by molar-refractivity contribution is 0.100. The van der Waals surface area contributed by atoms with Gasteiger partial charge >= 0.3 is 0 Å². The Morgan fingerprint density at radius 3 is 2.74 bits per heavy atom. The van der Waals surface area contributed by atoms with Crippen LogP contribution in [0.15, 0.2) is 12.4 Å². The molecule has 0 radical (unpaired) electrons. The molecule has 1 amide bonds. The molecule has 6 nitrogen and oxygen atoms in total. The van der Waals surface area contributed by atoms with Gasteiger partial charge in [0.1, 0.15) is 0 Å². The van der Waals surface area contributed by atoms with Crippen LogP contribution in [0.1, 0.15) is 47.7 Å². The Bertz CT molecular complexity index is 614. The van der Waals surface area contributed by atoms with Crippen molar-refractivity contribution in [1.82, 2.24) is 15.2 Å². The van der Waals surface area contributed by atoms with Crippen LogP contribution in [0.3, 0.4) is 0 Å². The summed E-state index contributed by atoms with van der Waals surface area (Å²) in [6, 6.07) is 0. The van der Waals surface area contributed by atoms with E-state index >= 15 is 0 Å². The van der Waals surface area contributed by atoms with Gasteiger partial charge in [0.25, 0.3) is 5.91 Å². The number of rotatable bonds is 2. The predicted molar refractivity (Wildman–Crippen MR) is 69.6 cm³/mol. The summed E-state index contributed by atoms with van der Waals surface area (Å²) in [6.07, 6.45) is 6.42. The van der Waals surface area contributed by atoms with E-state index < -0.39 is 5.91 Å². The summed E-state index contributed by atoms with van der Waals surface area (Å²) in [5.74, 6) is -0.196. The van der Waals surface area contributed by atoms with Crippen molar-refractivity contribution in [3.8, 4) is 0 Å². The second-order valence-electron chi connectivity index (χ2n) is 5.09. The quantitative estimate of drug-likeness (QED) is 0.751. The SMILES string of the molecule is NC(=O)c1cnc(C2CCC(O)CC2)c2cn[nH]c12. The third kappa shape index (κ3) is 2.08. The van der Waals surface area contributed by atoms with E-state index in [2.05, 4.69) is 15.2 Å². The van der Waals surface area contributed by atoms with Gasteiger partial charge in [-0.05, 0) is 25.7 Å². The molecule has 0 saturated heterocycles. The largest absolute Gasteiger partial charge is 0.393 e. The van der Waals surface area contributed by atoms with Crippen LogP contribution >= 0.6 is 0 Å². The number of aromatic nitrogens is 3. The highest BCUT2D eigenvalue weighted by Gasteiger charge is 2.25. The van der Waals surface area contributed by atoms with E-state index in [9.17, 15) is 9.90 Å². The molecular weight excluding hydrogens is 244 g/mol. The van der Waals surface area contributed by atoms with Gasteiger partial charge in [0.15, 0.2) is 0 Å². The third-order valence-electron chi connectivity index (χ3n) is 3.87. The highest BCUT2D eigenvalue weighted by Crippen LogP contribution is 2.35. The summed E-state index contributed by atoms with van der Waals surface area (Å²) in [4.78, 5) is 15.8. The van der Waals surface area contributed by atoms with Crippen LogP contribution in [0.5, 0.6) is 0 Å². The Labute approximate surface area is 110 Å². The van der Waals surface area contributed by atoms with Gasteiger partial charge in [0.2, 0.25) is 0 Å². The number of hydrogen-bond acceptors (Lipinski definition) is 4. The Morgan fingerprint density at radius 1 is 1.32 bits per heavy atom. The number of aliphatic hydroxyl groups is 1. The molecule has 0 unspecified atom stereocenters. The van der Waals surface area contributed by atoms with Crippen LogP contribution in [0.4, 0.5) is 0 Å². The van der Waals surface area contributed by atoms with Crippen LogP contribution in [-0.4, -0.2) is 32.3 Å². The molecule has 1 saturated carbocycles. The molecule has 2 heterocycles. The molecule has 1 fully saturated rings. The summed E-state index contributed by atoms with van der Waals surface area (Å²) in [7, 11) is 0. The minimum atomic E-state index is -0.507. The first-order valence-electron chi connectivity index (χ1n) is 6.46. The smallest absolute Gasteiger partial charge is 0.252 e. The lowest BCUT2D eigenvalue weighted by atomic mass is 9.84. The monoisotopic (exact) mass is 260 g/mol. The lowest BCUT2D eigenvalue weighted by Crippen LogP contribution is -2.18. The summed E-state index contributed by atoms with van der Waals surface area (Å²) in [5.41, 5.74) is 7.29. The summed E-state index contributed by atoms with van der Waals surface area (Å²) in [5, 5.41) is 17.2. The maximum absolute atomic E-state index is 11.3. The van der Waals surface area contributed by atoms with Crippen molar-refractivity contribution in [2.24, 2.45) is 5.73 Å². The molecule has 100 valence electrons. The van der Waals surface area contributed by atoms with Gasteiger partial charge in [-0.2, -0.15) is 5.10 Å². The Balaban J connectivity index is 2.03. The molecule has 6 heteroatoms. The van der Waals surface area contributed by atoms with Gasteiger partial charge in [-0.15, -0.1) is 0 Å². The minimum absolute atomic E-state index is 0.194. The first-order chi connectivity index (χ1) is 9.16. The van der Waals surface area contributed by atoms with Crippen molar-refractivity contribution in [1.29, 1.82) is 0 Å². The number of aliphatic hydroxyl groups excluding tert-OH is 1. The van der Waals surface area contributed by atoms with Crippen molar-refractivity contribution in [2.45, 2.75) is 37.7 Å². The highest BCUT2D eigenvalue weighted by atomic mass is 16.3. The van der Waals surface area contributed by atoms with E-state index in [0.29, 0.717) is 17.0 Å². The molecule has 0 spiro atoms. The number of fused-ring (bicyclic) bond motifs is 1. The van der Waals surface area contributed by atoms with Gasteiger partial charge in [0, 0.05) is 17.5 Å². The van der Waals surface area contributed by atoms with Crippen LogP contribution in [0.2, 0.25) is 0 Å². The molecule has 0 aromatic carbocycles. The Hall–Kier alpha value is -1.95. The molecule has 2 aromatic rings. The van der Waals surface area contributed by atoms with Crippen LogP contribution in [-0.2, 0) is 0 Å². The fourth-order valence-corrected chi connectivity index (χ4v) is 2.82. The lowest BCUT2D eigenvalue weighted by Gasteiger charge is -2.25. The topological polar surface area (TPSA) is 105 Å². The zero-order valence-corrected chi connectivity index (χ0v) is 10.5. The van der Waals surface area contributed by atoms with Gasteiger partial charge in [-0.1, -0.05) is 0 Å². The van der Waals surface area contributed by atoms with E-state index in [1.807, 2.05) is 0 Å². The zero-order valence-electron chi connectivity index (χ0n) is 10.5. The van der Waals surface area contributed by atoms with Crippen LogP contribution in [0, 0.1) is 0 Å². The maximum Gasteiger partial charge on any atom is 0.252 e. The van der Waals surface area contributed by atoms with Gasteiger partial charge in [-0.25, -0.2) is 0 Å². The third-order valence-corrected chi connectivity index (χ3v) is 3.87. The molecule has 19 heavy (non-hydrogen) atoms. The summed E-state index contributed by atoms with van der Waals surface area (Å²) < 4.78 is 0. The van der Waals surface area contributed by atoms with E-state index in [1.54, 1.807) is 6.20 Å². The van der Waals surface area contributed by atoms with Gasteiger partial charge < -0.3 is 10.8 Å². The number of nitrogens with zero attached hydrogens (tertiary/aromatic N) is 2. The van der Waals surface area contributed by atoms with Gasteiger partial charge in [0.05, 0.1) is 29.1 Å². The van der Waals surface area contributed by atoms with E-state index in [-0.39, 0.29) is 6.10 Å². The standard InChI is InChI=1S/C13H16N4O2/c14-13(19)10-5-15-11(9-6-16-17-12(9)10)7-1-3-8(18)4-2-7/h5-8,18H,1-4H2,(H2,14,19)(H,16,17). The number of pyridine rings is 1. The molecule has 3 rings (SSSR count). The molecular formula is C13H16N4O2. The number of aromatic amines is 1. The number of carbonyl (C=O) groups is 1. The fourth-order valence-electron chi connectivity index (χ4n) is 2.82. The molecule has 0 bridgehead atoms. The number of nitrogens with one attached hydrogen (secondary N) is 1. The maximum atomic E-state index is 11.3. The summed E-state index contributed by atoms with van der Waals surface area (Å²) >= 11 is 0. The van der Waals surface area contributed by atoms with Gasteiger partial charge in [-0.3, -0.25) is 14.9 Å². The molecule has 4 N–H and O–H groups in total. The molecule has 1 aliphatic carbocycles. The van der Waals surface area contributed by atoms with Crippen molar-refractivity contribution >= 4 is 16.8 Å². The van der Waals surface area contributed by atoms with Crippen molar-refractivity contribution < 1.29 is 9.90 Å². The number of nitrogens with two attached hydrogens (primary N) is 1. The normalized spacial score (nSPS) is 23.6. The van der Waals surface area contributed by atoms with Crippen molar-refractivity contribution in [3.63, 3.8) is 0 Å². The number of H-pyrrole nitrogens is 1. The first kappa shape index (κ1) is 12.1. The average Bonchev–Trinajstić information content (AvgIpc) is 2.87. The Morgan fingerprint density at radius 2 is 2.05 bits per heavy atom. The van der Waals surface area contributed by atoms with Crippen molar-refractivity contribution in [2.75, 3.05) is 0 Å².